The highest BCUT2D eigenvalue weighted by atomic mass is 16.5. The Balaban J connectivity index is 1.52. The lowest BCUT2D eigenvalue weighted by atomic mass is 10.1. The van der Waals surface area contributed by atoms with E-state index in [1.165, 1.54) is 0 Å². The molecule has 3 rings (SSSR count). The van der Waals surface area contributed by atoms with Crippen LogP contribution < -0.4 is 5.32 Å². The Morgan fingerprint density at radius 2 is 2.00 bits per heavy atom. The molecule has 5 heteroatoms. The normalized spacial score (nSPS) is 15.2. The first kappa shape index (κ1) is 13.8. The third kappa shape index (κ3) is 3.68. The molecule has 5 nitrogen and oxygen atoms in total. The molecule has 1 saturated carbocycles. The Bertz CT molecular complexity index is 589. The smallest absolute Gasteiger partial charge is 0.231 e. The lowest BCUT2D eigenvalue weighted by molar-refractivity contribution is -0.125. The number of hydrogen-bond donors (Lipinski definition) is 1. The van der Waals surface area contributed by atoms with Gasteiger partial charge >= 0.3 is 0 Å². The predicted molar refractivity (Wildman–Crippen MR) is 77.4 cm³/mol. The topological polar surface area (TPSA) is 68.0 Å². The standard InChI is InChI=1S/C16H19N3O2/c20-16(13-8-4-5-9-13)17-11-14-18-15(21-19-14)10-12-6-2-1-3-7-12/h1-3,6-7,13H,4-5,8-11H2,(H,17,20). The zero-order valence-corrected chi connectivity index (χ0v) is 11.9. The van der Waals surface area contributed by atoms with E-state index in [0.29, 0.717) is 24.7 Å². The van der Waals surface area contributed by atoms with Crippen LogP contribution in [0.3, 0.4) is 0 Å². The minimum absolute atomic E-state index is 0.113. The van der Waals surface area contributed by atoms with Crippen molar-refractivity contribution in [1.29, 1.82) is 0 Å². The van der Waals surface area contributed by atoms with E-state index >= 15 is 0 Å². The van der Waals surface area contributed by atoms with Crippen molar-refractivity contribution in [2.24, 2.45) is 5.92 Å². The van der Waals surface area contributed by atoms with Gasteiger partial charge in [0.15, 0.2) is 5.82 Å². The van der Waals surface area contributed by atoms with Crippen molar-refractivity contribution in [3.63, 3.8) is 0 Å². The highest BCUT2D eigenvalue weighted by Crippen LogP contribution is 2.24. The summed E-state index contributed by atoms with van der Waals surface area (Å²) in [7, 11) is 0. The van der Waals surface area contributed by atoms with Crippen LogP contribution in [0.2, 0.25) is 0 Å². The maximum atomic E-state index is 11.9. The van der Waals surface area contributed by atoms with E-state index in [-0.39, 0.29) is 11.8 Å². The lowest BCUT2D eigenvalue weighted by Gasteiger charge is -2.07. The maximum Gasteiger partial charge on any atom is 0.231 e. The van der Waals surface area contributed by atoms with Crippen molar-refractivity contribution in [3.05, 3.63) is 47.6 Å². The highest BCUT2D eigenvalue weighted by Gasteiger charge is 2.22. The summed E-state index contributed by atoms with van der Waals surface area (Å²) < 4.78 is 5.21. The van der Waals surface area contributed by atoms with Crippen molar-refractivity contribution in [1.82, 2.24) is 15.5 Å². The van der Waals surface area contributed by atoms with Crippen molar-refractivity contribution in [3.8, 4) is 0 Å². The lowest BCUT2D eigenvalue weighted by Crippen LogP contribution is -2.29. The first-order valence-electron chi connectivity index (χ1n) is 7.44. The largest absolute Gasteiger partial charge is 0.348 e. The summed E-state index contributed by atoms with van der Waals surface area (Å²) in [6, 6.07) is 9.97. The molecule has 0 bridgehead atoms. The molecule has 1 aromatic heterocycles. The Morgan fingerprint density at radius 3 is 2.76 bits per heavy atom. The van der Waals surface area contributed by atoms with Gasteiger partial charge in [0.25, 0.3) is 0 Å². The zero-order chi connectivity index (χ0) is 14.5. The second-order valence-electron chi connectivity index (χ2n) is 5.47. The quantitative estimate of drug-likeness (QED) is 0.916. The fourth-order valence-corrected chi connectivity index (χ4v) is 2.70. The fourth-order valence-electron chi connectivity index (χ4n) is 2.70. The fraction of sp³-hybridized carbons (Fsp3) is 0.438. The molecule has 21 heavy (non-hydrogen) atoms. The molecule has 1 fully saturated rings. The molecular weight excluding hydrogens is 266 g/mol. The molecule has 1 N–H and O–H groups in total. The van der Waals surface area contributed by atoms with Gasteiger partial charge in [-0.1, -0.05) is 48.3 Å². The van der Waals surface area contributed by atoms with Gasteiger partial charge in [0.2, 0.25) is 11.8 Å². The molecule has 0 unspecified atom stereocenters. The number of benzene rings is 1. The van der Waals surface area contributed by atoms with Crippen molar-refractivity contribution in [2.45, 2.75) is 38.6 Å². The highest BCUT2D eigenvalue weighted by molar-refractivity contribution is 5.78. The second kappa shape index (κ2) is 6.52. The molecule has 1 aliphatic carbocycles. The molecule has 0 saturated heterocycles. The SMILES string of the molecule is O=C(NCc1noc(Cc2ccccc2)n1)C1CCCC1. The molecular formula is C16H19N3O2. The minimum atomic E-state index is 0.113. The van der Waals surface area contributed by atoms with Gasteiger partial charge in [-0.3, -0.25) is 4.79 Å². The van der Waals surface area contributed by atoms with Gasteiger partial charge in [-0.05, 0) is 18.4 Å². The number of aromatic nitrogens is 2. The number of carbonyl (C=O) groups excluding carboxylic acids is 1. The van der Waals surface area contributed by atoms with Crippen LogP contribution in [0.5, 0.6) is 0 Å². The van der Waals surface area contributed by atoms with Crippen LogP contribution in [0.1, 0.15) is 43.0 Å². The average Bonchev–Trinajstić information content (AvgIpc) is 3.17. The van der Waals surface area contributed by atoms with Gasteiger partial charge in [-0.25, -0.2) is 0 Å². The van der Waals surface area contributed by atoms with E-state index in [2.05, 4.69) is 15.5 Å². The summed E-state index contributed by atoms with van der Waals surface area (Å²) in [5.74, 6) is 1.39. The average molecular weight is 285 g/mol. The number of hydrogen-bond acceptors (Lipinski definition) is 4. The van der Waals surface area contributed by atoms with Crippen LogP contribution in [0.15, 0.2) is 34.9 Å². The summed E-state index contributed by atoms with van der Waals surface area (Å²) in [5.41, 5.74) is 1.13. The number of rotatable bonds is 5. The number of carbonyl (C=O) groups is 1. The first-order chi connectivity index (χ1) is 10.3. The Labute approximate surface area is 123 Å². The predicted octanol–water partition coefficient (Wildman–Crippen LogP) is 2.47. The molecule has 0 spiro atoms. The Kier molecular flexibility index (Phi) is 4.28. The van der Waals surface area contributed by atoms with Crippen molar-refractivity contribution >= 4 is 5.91 Å². The Morgan fingerprint density at radius 1 is 1.24 bits per heavy atom. The molecule has 1 heterocycles. The molecule has 110 valence electrons. The molecule has 0 atom stereocenters. The van der Waals surface area contributed by atoms with E-state index in [9.17, 15) is 4.79 Å². The molecule has 1 aliphatic rings. The van der Waals surface area contributed by atoms with E-state index < -0.39 is 0 Å². The summed E-state index contributed by atoms with van der Waals surface area (Å²) in [6.07, 6.45) is 4.92. The van der Waals surface area contributed by atoms with Gasteiger partial charge in [0.1, 0.15) is 0 Å². The molecule has 0 aliphatic heterocycles. The molecule has 1 amide bonds. The Hall–Kier alpha value is -2.17. The van der Waals surface area contributed by atoms with Crippen LogP contribution in [-0.4, -0.2) is 16.0 Å². The minimum Gasteiger partial charge on any atom is -0.348 e. The van der Waals surface area contributed by atoms with Crippen LogP contribution >= 0.6 is 0 Å². The summed E-state index contributed by atoms with van der Waals surface area (Å²) >= 11 is 0. The van der Waals surface area contributed by atoms with Crippen molar-refractivity contribution in [2.75, 3.05) is 0 Å². The van der Waals surface area contributed by atoms with Crippen LogP contribution in [0.25, 0.3) is 0 Å². The van der Waals surface area contributed by atoms with Gasteiger partial charge < -0.3 is 9.84 Å². The van der Waals surface area contributed by atoms with Gasteiger partial charge in [-0.15, -0.1) is 0 Å². The molecule has 0 radical (unpaired) electrons. The first-order valence-corrected chi connectivity index (χ1v) is 7.44. The summed E-state index contributed by atoms with van der Waals surface area (Å²) in [5, 5.41) is 6.80. The monoisotopic (exact) mass is 285 g/mol. The van der Waals surface area contributed by atoms with E-state index in [4.69, 9.17) is 4.52 Å². The van der Waals surface area contributed by atoms with Crippen LogP contribution in [-0.2, 0) is 17.8 Å². The van der Waals surface area contributed by atoms with E-state index in [1.807, 2.05) is 30.3 Å². The maximum absolute atomic E-state index is 11.9. The van der Waals surface area contributed by atoms with Gasteiger partial charge in [0, 0.05) is 5.92 Å². The summed E-state index contributed by atoms with van der Waals surface area (Å²) in [4.78, 5) is 16.2. The van der Waals surface area contributed by atoms with Gasteiger partial charge in [0.05, 0.1) is 13.0 Å². The zero-order valence-electron chi connectivity index (χ0n) is 11.9. The third-order valence-electron chi connectivity index (χ3n) is 3.86. The third-order valence-corrected chi connectivity index (χ3v) is 3.86. The van der Waals surface area contributed by atoms with Crippen LogP contribution in [0, 0.1) is 5.92 Å². The second-order valence-corrected chi connectivity index (χ2v) is 5.47. The molecule has 2 aromatic rings. The van der Waals surface area contributed by atoms with Crippen LogP contribution in [0.4, 0.5) is 0 Å². The van der Waals surface area contributed by atoms with Gasteiger partial charge in [-0.2, -0.15) is 4.98 Å². The molecule has 1 aromatic carbocycles. The van der Waals surface area contributed by atoms with E-state index in [1.54, 1.807) is 0 Å². The van der Waals surface area contributed by atoms with Crippen molar-refractivity contribution < 1.29 is 9.32 Å². The number of amides is 1. The summed E-state index contributed by atoms with van der Waals surface area (Å²) in [6.45, 7) is 0.341. The van der Waals surface area contributed by atoms with E-state index in [0.717, 1.165) is 31.2 Å². The number of nitrogens with zero attached hydrogens (tertiary/aromatic N) is 2. The number of nitrogens with one attached hydrogen (secondary N) is 1.